The van der Waals surface area contributed by atoms with E-state index in [1.165, 1.54) is 6.08 Å². The third kappa shape index (κ3) is 22.4. The summed E-state index contributed by atoms with van der Waals surface area (Å²) >= 11 is -1.92. The van der Waals surface area contributed by atoms with Crippen molar-refractivity contribution in [2.24, 2.45) is 0 Å². The van der Waals surface area contributed by atoms with Crippen molar-refractivity contribution in [2.45, 2.75) is 0 Å². The molecule has 0 spiro atoms. The van der Waals surface area contributed by atoms with E-state index in [0.29, 0.717) is 0 Å². The SMILES string of the molecule is C=CCOC(=O)C=C.[Cl][Ge]([Cl])[Cl]. The number of hydrogen-bond acceptors (Lipinski definition) is 2. The van der Waals surface area contributed by atoms with Crippen LogP contribution in [0.5, 0.6) is 0 Å². The van der Waals surface area contributed by atoms with Gasteiger partial charge in [0.25, 0.3) is 0 Å². The van der Waals surface area contributed by atoms with Crippen molar-refractivity contribution in [3.63, 3.8) is 0 Å². The number of carbonyl (C=O) groups excluding carboxylic acids is 1. The molecule has 0 saturated heterocycles. The molecule has 0 aromatic carbocycles. The van der Waals surface area contributed by atoms with Crippen LogP contribution in [0, 0.1) is 0 Å². The number of hydrogen-bond donors (Lipinski definition) is 0. The first-order valence-corrected chi connectivity index (χ1v) is 11.0. The van der Waals surface area contributed by atoms with Gasteiger partial charge in [-0.2, -0.15) is 0 Å². The average Bonchev–Trinajstić information content (AvgIpc) is 1.99. The summed E-state index contributed by atoms with van der Waals surface area (Å²) in [6.45, 7) is 6.81. The summed E-state index contributed by atoms with van der Waals surface area (Å²) in [6, 6.07) is 0. The number of carbonyl (C=O) groups is 1. The van der Waals surface area contributed by atoms with Gasteiger partial charge in [-0.1, -0.05) is 19.2 Å². The van der Waals surface area contributed by atoms with Crippen LogP contribution in [0.15, 0.2) is 25.3 Å². The van der Waals surface area contributed by atoms with E-state index < -0.39 is 17.5 Å². The fourth-order valence-electron chi connectivity index (χ4n) is 0.200. The molecule has 0 aliphatic carbocycles. The standard InChI is InChI=1S/C6H8O2.Cl3Ge/c1-3-5-8-6(7)4-2;1-4(2)3/h3-4H,1-2,5H2;. The topological polar surface area (TPSA) is 26.3 Å². The molecule has 0 heterocycles. The van der Waals surface area contributed by atoms with Crippen LogP contribution in [0.4, 0.5) is 0 Å². The first-order valence-electron chi connectivity index (χ1n) is 2.78. The van der Waals surface area contributed by atoms with Gasteiger partial charge in [-0.25, -0.2) is 4.79 Å². The van der Waals surface area contributed by atoms with E-state index in [-0.39, 0.29) is 6.61 Å². The van der Waals surface area contributed by atoms with Gasteiger partial charge in [0.05, 0.1) is 0 Å². The summed E-state index contributed by atoms with van der Waals surface area (Å²) in [5.41, 5.74) is 0. The van der Waals surface area contributed by atoms with Gasteiger partial charge in [0.15, 0.2) is 0 Å². The molecule has 0 aliphatic heterocycles. The van der Waals surface area contributed by atoms with Gasteiger partial charge in [-0.3, -0.25) is 0 Å². The van der Waals surface area contributed by atoms with Crippen LogP contribution in [-0.2, 0) is 9.53 Å². The molecular formula is C6H8Cl3GeO2. The normalized spacial score (nSPS) is 8.00. The maximum atomic E-state index is 10.2. The zero-order valence-corrected chi connectivity index (χ0v) is 10.6. The molecule has 0 fully saturated rings. The number of rotatable bonds is 3. The van der Waals surface area contributed by atoms with Crippen molar-refractivity contribution in [1.82, 2.24) is 0 Å². The van der Waals surface area contributed by atoms with Crippen molar-refractivity contribution in [3.8, 4) is 0 Å². The molecule has 0 saturated carbocycles. The monoisotopic (exact) mass is 291 g/mol. The molecule has 2 nitrogen and oxygen atoms in total. The molecule has 0 amide bonds. The molecule has 0 N–H and O–H groups in total. The van der Waals surface area contributed by atoms with E-state index in [1.54, 1.807) is 0 Å². The molecule has 0 rings (SSSR count). The van der Waals surface area contributed by atoms with Gasteiger partial charge in [0.2, 0.25) is 0 Å². The number of esters is 1. The molecule has 6 heteroatoms. The van der Waals surface area contributed by atoms with Crippen molar-refractivity contribution >= 4 is 47.6 Å². The zero-order valence-electron chi connectivity index (χ0n) is 6.23. The Morgan fingerprint density at radius 1 is 1.42 bits per heavy atom. The van der Waals surface area contributed by atoms with E-state index in [2.05, 4.69) is 17.9 Å². The van der Waals surface area contributed by atoms with Crippen LogP contribution in [0.1, 0.15) is 0 Å². The van der Waals surface area contributed by atoms with Crippen LogP contribution in [0.2, 0.25) is 0 Å². The molecule has 0 aromatic rings. The Hall–Kier alpha value is 0.363. The van der Waals surface area contributed by atoms with Crippen molar-refractivity contribution in [2.75, 3.05) is 6.61 Å². The quantitative estimate of drug-likeness (QED) is 0.346. The zero-order chi connectivity index (χ0) is 9.98. The Morgan fingerprint density at radius 3 is 2.08 bits per heavy atom. The second-order valence-corrected chi connectivity index (χ2v) is 11.1. The molecule has 69 valence electrons. The van der Waals surface area contributed by atoms with Crippen LogP contribution in [0.25, 0.3) is 0 Å². The summed E-state index contributed by atoms with van der Waals surface area (Å²) in [6.07, 6.45) is 2.62. The molecule has 12 heavy (non-hydrogen) atoms. The maximum absolute atomic E-state index is 10.2. The first kappa shape index (κ1) is 14.9. The van der Waals surface area contributed by atoms with Gasteiger partial charge in [0.1, 0.15) is 6.61 Å². The van der Waals surface area contributed by atoms with E-state index >= 15 is 0 Å². The van der Waals surface area contributed by atoms with Gasteiger partial charge in [-0.05, 0) is 0 Å². The fourth-order valence-corrected chi connectivity index (χ4v) is 0.200. The van der Waals surface area contributed by atoms with Crippen molar-refractivity contribution in [3.05, 3.63) is 25.3 Å². The average molecular weight is 291 g/mol. The summed E-state index contributed by atoms with van der Waals surface area (Å²) in [4.78, 5) is 10.2. The molecule has 0 aromatic heterocycles. The summed E-state index contributed by atoms with van der Waals surface area (Å²) in [7, 11) is 14.9. The van der Waals surface area contributed by atoms with Crippen LogP contribution in [0.3, 0.4) is 0 Å². The van der Waals surface area contributed by atoms with Gasteiger partial charge < -0.3 is 4.74 Å². The second kappa shape index (κ2) is 11.4. The third-order valence-electron chi connectivity index (χ3n) is 0.510. The number of halogens is 3. The van der Waals surface area contributed by atoms with Gasteiger partial charge in [-0.15, -0.1) is 0 Å². The molecule has 0 unspecified atom stereocenters. The van der Waals surface area contributed by atoms with Crippen LogP contribution in [-0.4, -0.2) is 24.1 Å². The predicted molar refractivity (Wildman–Crippen MR) is 54.7 cm³/mol. The Kier molecular flexibility index (Phi) is 14.1. The second-order valence-electron chi connectivity index (χ2n) is 1.34. The summed E-state index contributed by atoms with van der Waals surface area (Å²) < 4.78 is 4.47. The number of ether oxygens (including phenoxy) is 1. The predicted octanol–water partition coefficient (Wildman–Crippen LogP) is 2.59. The Balaban J connectivity index is 0. The van der Waals surface area contributed by atoms with Gasteiger partial charge >= 0.3 is 47.6 Å². The minimum absolute atomic E-state index is 0.255. The van der Waals surface area contributed by atoms with Gasteiger partial charge in [0, 0.05) is 6.08 Å². The molecule has 0 atom stereocenters. The third-order valence-corrected chi connectivity index (χ3v) is 0.510. The Bertz CT molecular complexity index is 147. The molecule has 0 aliphatic rings. The molecule has 1 radical (unpaired) electrons. The van der Waals surface area contributed by atoms with E-state index in [1.807, 2.05) is 0 Å². The Labute approximate surface area is 88.8 Å². The molecule has 0 bridgehead atoms. The van der Waals surface area contributed by atoms with Crippen molar-refractivity contribution in [1.29, 1.82) is 0 Å². The fraction of sp³-hybridized carbons (Fsp3) is 0.167. The van der Waals surface area contributed by atoms with E-state index in [9.17, 15) is 4.79 Å². The van der Waals surface area contributed by atoms with Crippen LogP contribution < -0.4 is 0 Å². The van der Waals surface area contributed by atoms with Crippen molar-refractivity contribution < 1.29 is 9.53 Å². The summed E-state index contributed by atoms with van der Waals surface area (Å²) in [5.74, 6) is -0.412. The van der Waals surface area contributed by atoms with E-state index in [0.717, 1.165) is 6.08 Å². The molecular weight excluding hydrogens is 283 g/mol. The first-order chi connectivity index (χ1) is 5.54. The minimum atomic E-state index is -1.92. The van der Waals surface area contributed by atoms with Crippen LogP contribution >= 0.6 is 30.0 Å². The summed E-state index contributed by atoms with van der Waals surface area (Å²) in [5, 5.41) is 0. The van der Waals surface area contributed by atoms with E-state index in [4.69, 9.17) is 30.0 Å². The Morgan fingerprint density at radius 2 is 1.83 bits per heavy atom.